The third kappa shape index (κ3) is 4.69. The van der Waals surface area contributed by atoms with E-state index in [-0.39, 0.29) is 28.9 Å². The van der Waals surface area contributed by atoms with Gasteiger partial charge in [-0.3, -0.25) is 9.59 Å². The second-order valence-electron chi connectivity index (χ2n) is 11.0. The molecule has 3 atom stereocenters. The van der Waals surface area contributed by atoms with Crippen LogP contribution in [-0.4, -0.2) is 67.1 Å². The van der Waals surface area contributed by atoms with Gasteiger partial charge in [0.1, 0.15) is 5.75 Å². The van der Waals surface area contributed by atoms with Crippen LogP contribution in [0.5, 0.6) is 5.75 Å². The molecule has 0 N–H and O–H groups in total. The minimum absolute atomic E-state index is 0.0560. The molecule has 5 rings (SSSR count). The predicted molar refractivity (Wildman–Crippen MR) is 139 cm³/mol. The van der Waals surface area contributed by atoms with E-state index < -0.39 is 0 Å². The Hall–Kier alpha value is -2.70. The van der Waals surface area contributed by atoms with E-state index in [9.17, 15) is 9.59 Å². The Morgan fingerprint density at radius 2 is 1.83 bits per heavy atom. The van der Waals surface area contributed by atoms with Crippen molar-refractivity contribution in [3.63, 3.8) is 0 Å². The molecule has 0 radical (unpaired) electrons. The second kappa shape index (κ2) is 9.98. The van der Waals surface area contributed by atoms with Gasteiger partial charge >= 0.3 is 5.97 Å². The molecule has 0 aromatic heterocycles. The number of carbonyl (C=O) groups excluding carboxylic acids is 2. The smallest absolute Gasteiger partial charge is 0.308 e. The molecule has 1 saturated heterocycles. The molecule has 192 valence electrons. The largest absolute Gasteiger partial charge is 0.427 e. The number of benzene rings is 2. The summed E-state index contributed by atoms with van der Waals surface area (Å²) in [5.41, 5.74) is 1.21. The van der Waals surface area contributed by atoms with E-state index in [1.165, 1.54) is 19.8 Å². The lowest BCUT2D eigenvalue weighted by Gasteiger charge is -2.60. The van der Waals surface area contributed by atoms with Crippen LogP contribution < -0.4 is 4.74 Å². The molecule has 2 aromatic rings. The van der Waals surface area contributed by atoms with Crippen molar-refractivity contribution in [2.75, 3.05) is 33.8 Å². The maximum absolute atomic E-state index is 13.4. The summed E-state index contributed by atoms with van der Waals surface area (Å²) >= 11 is 0. The van der Waals surface area contributed by atoms with Gasteiger partial charge in [0.25, 0.3) is 5.91 Å². The molecular formula is C30H38N2O4. The first-order valence-electron chi connectivity index (χ1n) is 13.2. The van der Waals surface area contributed by atoms with Gasteiger partial charge in [-0.25, -0.2) is 0 Å². The average molecular weight is 491 g/mol. The number of methoxy groups -OCH3 is 1. The fourth-order valence-electron chi connectivity index (χ4n) is 6.69. The topological polar surface area (TPSA) is 59.1 Å². The van der Waals surface area contributed by atoms with Crippen molar-refractivity contribution < 1.29 is 19.1 Å². The fraction of sp³-hybridized carbons (Fsp3) is 0.533. The highest BCUT2D eigenvalue weighted by Crippen LogP contribution is 2.55. The quantitative estimate of drug-likeness (QED) is 0.417. The number of carbonyl (C=O) groups is 2. The van der Waals surface area contributed by atoms with Gasteiger partial charge in [-0.05, 0) is 80.8 Å². The van der Waals surface area contributed by atoms with Crippen LogP contribution in [-0.2, 0) is 14.9 Å². The van der Waals surface area contributed by atoms with E-state index in [1.807, 2.05) is 67.6 Å². The van der Waals surface area contributed by atoms with E-state index >= 15 is 0 Å². The molecule has 2 aliphatic carbocycles. The lowest BCUT2D eigenvalue weighted by Crippen LogP contribution is -2.68. The van der Waals surface area contributed by atoms with E-state index in [4.69, 9.17) is 9.47 Å². The Labute approximate surface area is 214 Å². The summed E-state index contributed by atoms with van der Waals surface area (Å²) in [5.74, 6) is 1.12. The summed E-state index contributed by atoms with van der Waals surface area (Å²) in [7, 11) is 3.79. The highest BCUT2D eigenvalue weighted by molar-refractivity contribution is 5.94. The van der Waals surface area contributed by atoms with Crippen LogP contribution in [0.1, 0.15) is 61.4 Å². The molecule has 3 fully saturated rings. The van der Waals surface area contributed by atoms with Crippen LogP contribution in [0.4, 0.5) is 0 Å². The Kier molecular flexibility index (Phi) is 6.92. The number of hydrogen-bond acceptors (Lipinski definition) is 5. The van der Waals surface area contributed by atoms with Crippen LogP contribution >= 0.6 is 0 Å². The van der Waals surface area contributed by atoms with Crippen molar-refractivity contribution >= 4 is 11.9 Å². The Morgan fingerprint density at radius 1 is 1.06 bits per heavy atom. The van der Waals surface area contributed by atoms with Gasteiger partial charge in [-0.15, -0.1) is 0 Å². The standard InChI is InChI=1S/C30H38N2O4/c1-22(33)36-27-11-7-10-25(18-27)29-16-17-32(20-23-12-13-23)21-30(29,35-3)15-14-26(19-29)31(2)28(34)24-8-5-4-6-9-24/h4-11,18,23,26H,12-17,19-21H2,1-3H3/t26-,29+,30+/m1/s1. The van der Waals surface area contributed by atoms with Crippen LogP contribution in [0.3, 0.4) is 0 Å². The number of nitrogens with zero attached hydrogens (tertiary/aromatic N) is 2. The summed E-state index contributed by atoms with van der Waals surface area (Å²) < 4.78 is 12.0. The van der Waals surface area contributed by atoms with Crippen LogP contribution in [0.25, 0.3) is 0 Å². The summed E-state index contributed by atoms with van der Waals surface area (Å²) in [6.45, 7) is 4.47. The number of piperidine rings is 1. The number of esters is 1. The molecular weight excluding hydrogens is 452 g/mol. The third-order valence-corrected chi connectivity index (χ3v) is 8.81. The summed E-state index contributed by atoms with van der Waals surface area (Å²) in [6, 6.07) is 17.6. The SMILES string of the molecule is CO[C@]12CC[C@@H](N(C)C(=O)c3ccccc3)C[C@]1(c1cccc(OC(C)=O)c1)CCN(CC1CC1)C2. The second-order valence-corrected chi connectivity index (χ2v) is 11.0. The molecule has 3 aliphatic rings. The molecule has 0 spiro atoms. The zero-order chi connectivity index (χ0) is 25.3. The summed E-state index contributed by atoms with van der Waals surface area (Å²) in [4.78, 5) is 29.6. The average Bonchev–Trinajstić information content (AvgIpc) is 3.71. The van der Waals surface area contributed by atoms with Crippen molar-refractivity contribution in [3.8, 4) is 5.75 Å². The number of fused-ring (bicyclic) bond motifs is 1. The molecule has 1 aliphatic heterocycles. The Morgan fingerprint density at radius 3 is 2.53 bits per heavy atom. The molecule has 2 aromatic carbocycles. The minimum Gasteiger partial charge on any atom is -0.427 e. The normalized spacial score (nSPS) is 28.2. The third-order valence-electron chi connectivity index (χ3n) is 8.81. The minimum atomic E-state index is -0.359. The maximum Gasteiger partial charge on any atom is 0.308 e. The van der Waals surface area contributed by atoms with E-state index in [0.29, 0.717) is 11.3 Å². The first-order chi connectivity index (χ1) is 17.4. The number of ether oxygens (including phenoxy) is 2. The molecule has 2 saturated carbocycles. The van der Waals surface area contributed by atoms with Gasteiger partial charge in [-0.2, -0.15) is 0 Å². The van der Waals surface area contributed by atoms with Gasteiger partial charge in [-0.1, -0.05) is 30.3 Å². The predicted octanol–water partition coefficient (Wildman–Crippen LogP) is 4.68. The van der Waals surface area contributed by atoms with Crippen molar-refractivity contribution in [1.29, 1.82) is 0 Å². The van der Waals surface area contributed by atoms with Crippen molar-refractivity contribution in [2.24, 2.45) is 5.92 Å². The Bertz CT molecular complexity index is 1100. The maximum atomic E-state index is 13.4. The molecule has 0 bridgehead atoms. The van der Waals surface area contributed by atoms with Crippen LogP contribution in [0.15, 0.2) is 54.6 Å². The van der Waals surface area contributed by atoms with Gasteiger partial charge < -0.3 is 19.3 Å². The van der Waals surface area contributed by atoms with Crippen molar-refractivity contribution in [3.05, 3.63) is 65.7 Å². The number of likely N-dealkylation sites (tertiary alicyclic amines) is 1. The van der Waals surface area contributed by atoms with Crippen LogP contribution in [0.2, 0.25) is 0 Å². The lowest BCUT2D eigenvalue weighted by atomic mass is 9.55. The van der Waals surface area contributed by atoms with Gasteiger partial charge in [0.2, 0.25) is 0 Å². The summed E-state index contributed by atoms with van der Waals surface area (Å²) in [5, 5.41) is 0. The molecule has 36 heavy (non-hydrogen) atoms. The first kappa shape index (κ1) is 25.0. The monoisotopic (exact) mass is 490 g/mol. The van der Waals surface area contributed by atoms with Gasteiger partial charge in [0.15, 0.2) is 0 Å². The highest BCUT2D eigenvalue weighted by atomic mass is 16.5. The molecule has 1 heterocycles. The van der Waals surface area contributed by atoms with E-state index in [0.717, 1.165) is 56.8 Å². The van der Waals surface area contributed by atoms with Crippen LogP contribution in [0, 0.1) is 5.92 Å². The zero-order valence-electron chi connectivity index (χ0n) is 21.7. The van der Waals surface area contributed by atoms with E-state index in [2.05, 4.69) is 11.0 Å². The highest BCUT2D eigenvalue weighted by Gasteiger charge is 2.59. The number of hydrogen-bond donors (Lipinski definition) is 0. The number of amides is 1. The fourth-order valence-corrected chi connectivity index (χ4v) is 6.69. The molecule has 6 heteroatoms. The van der Waals surface area contributed by atoms with Crippen molar-refractivity contribution in [2.45, 2.75) is 62.5 Å². The zero-order valence-corrected chi connectivity index (χ0v) is 21.7. The lowest BCUT2D eigenvalue weighted by molar-refractivity contribution is -0.153. The summed E-state index contributed by atoms with van der Waals surface area (Å²) in [6.07, 6.45) is 6.20. The molecule has 0 unspecified atom stereocenters. The van der Waals surface area contributed by atoms with Gasteiger partial charge in [0, 0.05) is 51.2 Å². The van der Waals surface area contributed by atoms with Crippen molar-refractivity contribution in [1.82, 2.24) is 9.80 Å². The first-order valence-corrected chi connectivity index (χ1v) is 13.2. The molecule has 6 nitrogen and oxygen atoms in total. The number of rotatable bonds is 7. The Balaban J connectivity index is 1.50. The van der Waals surface area contributed by atoms with Gasteiger partial charge in [0.05, 0.1) is 5.60 Å². The van der Waals surface area contributed by atoms with E-state index in [1.54, 1.807) is 0 Å². The molecule has 1 amide bonds.